The highest BCUT2D eigenvalue weighted by atomic mass is 16.5. The van der Waals surface area contributed by atoms with Crippen LogP contribution in [0.3, 0.4) is 0 Å². The van der Waals surface area contributed by atoms with Gasteiger partial charge in [-0.2, -0.15) is 0 Å². The van der Waals surface area contributed by atoms with Crippen LogP contribution in [0.1, 0.15) is 38.0 Å². The molecule has 90 valence electrons. The van der Waals surface area contributed by atoms with E-state index in [1.807, 2.05) is 6.07 Å². The molecule has 1 aromatic heterocycles. The maximum atomic E-state index is 5.69. The van der Waals surface area contributed by atoms with Crippen molar-refractivity contribution in [2.24, 2.45) is 0 Å². The summed E-state index contributed by atoms with van der Waals surface area (Å²) in [6.07, 6.45) is 3.90. The molecule has 1 N–H and O–H groups in total. The quantitative estimate of drug-likeness (QED) is 0.855. The van der Waals surface area contributed by atoms with Gasteiger partial charge >= 0.3 is 0 Å². The van der Waals surface area contributed by atoms with Crippen LogP contribution in [0, 0.1) is 6.92 Å². The summed E-state index contributed by atoms with van der Waals surface area (Å²) >= 11 is 0. The molecule has 1 aliphatic heterocycles. The fourth-order valence-electron chi connectivity index (χ4n) is 2.23. The highest BCUT2D eigenvalue weighted by molar-refractivity contribution is 5.14. The normalized spacial score (nSPS) is 24.6. The Bertz CT molecular complexity index is 343. The number of hydrogen-bond acceptors (Lipinski definition) is 3. The van der Waals surface area contributed by atoms with Gasteiger partial charge in [0.25, 0.3) is 0 Å². The van der Waals surface area contributed by atoms with E-state index in [1.54, 1.807) is 6.26 Å². The van der Waals surface area contributed by atoms with Crippen molar-refractivity contribution in [2.45, 2.75) is 51.8 Å². The zero-order valence-electron chi connectivity index (χ0n) is 10.4. The summed E-state index contributed by atoms with van der Waals surface area (Å²) in [5.41, 5.74) is 1.23. The molecular weight excluding hydrogens is 202 g/mol. The van der Waals surface area contributed by atoms with Crippen LogP contribution >= 0.6 is 0 Å². The molecule has 2 rings (SSSR count). The third-order valence-electron chi connectivity index (χ3n) is 3.22. The summed E-state index contributed by atoms with van der Waals surface area (Å²) in [5.74, 6) is 1.05. The van der Waals surface area contributed by atoms with Crippen molar-refractivity contribution >= 4 is 0 Å². The molecule has 1 fully saturated rings. The predicted molar refractivity (Wildman–Crippen MR) is 63.3 cm³/mol. The Morgan fingerprint density at radius 2 is 2.31 bits per heavy atom. The van der Waals surface area contributed by atoms with Crippen molar-refractivity contribution in [3.8, 4) is 0 Å². The third kappa shape index (κ3) is 2.86. The number of nitrogens with one attached hydrogen (secondary N) is 1. The topological polar surface area (TPSA) is 34.4 Å². The predicted octanol–water partition coefficient (Wildman–Crippen LogP) is 2.64. The monoisotopic (exact) mass is 223 g/mol. The van der Waals surface area contributed by atoms with Crippen molar-refractivity contribution < 1.29 is 9.15 Å². The molecular formula is C13H21NO2. The Labute approximate surface area is 97.2 Å². The fourth-order valence-corrected chi connectivity index (χ4v) is 2.23. The van der Waals surface area contributed by atoms with E-state index in [1.165, 1.54) is 5.56 Å². The van der Waals surface area contributed by atoms with Gasteiger partial charge in [0.05, 0.1) is 18.4 Å². The molecule has 0 bridgehead atoms. The minimum Gasteiger partial charge on any atom is -0.468 e. The van der Waals surface area contributed by atoms with Crippen molar-refractivity contribution in [1.82, 2.24) is 5.32 Å². The van der Waals surface area contributed by atoms with Gasteiger partial charge in [0.2, 0.25) is 0 Å². The second kappa shape index (κ2) is 4.60. The molecule has 0 aromatic carbocycles. The highest BCUT2D eigenvalue weighted by Crippen LogP contribution is 2.24. The summed E-state index contributed by atoms with van der Waals surface area (Å²) in [5, 5.41) is 3.55. The number of ether oxygens (including phenoxy) is 1. The molecule has 3 nitrogen and oxygen atoms in total. The Balaban J connectivity index is 1.84. The van der Waals surface area contributed by atoms with Crippen LogP contribution in [0.15, 0.2) is 16.7 Å². The third-order valence-corrected chi connectivity index (χ3v) is 3.22. The van der Waals surface area contributed by atoms with Crippen molar-refractivity contribution in [3.63, 3.8) is 0 Å². The molecule has 1 unspecified atom stereocenters. The van der Waals surface area contributed by atoms with Crippen molar-refractivity contribution in [1.29, 1.82) is 0 Å². The second-order valence-corrected chi connectivity index (χ2v) is 5.21. The molecule has 0 saturated carbocycles. The van der Waals surface area contributed by atoms with Gasteiger partial charge in [-0.25, -0.2) is 0 Å². The van der Waals surface area contributed by atoms with Crippen LogP contribution in [-0.2, 0) is 11.3 Å². The Morgan fingerprint density at radius 3 is 2.94 bits per heavy atom. The largest absolute Gasteiger partial charge is 0.468 e. The number of hydrogen-bond donors (Lipinski definition) is 1. The maximum absolute atomic E-state index is 5.69. The average molecular weight is 223 g/mol. The van der Waals surface area contributed by atoms with Gasteiger partial charge in [-0.15, -0.1) is 0 Å². The van der Waals surface area contributed by atoms with Crippen molar-refractivity contribution in [2.75, 3.05) is 6.61 Å². The smallest absolute Gasteiger partial charge is 0.120 e. The first-order valence-corrected chi connectivity index (χ1v) is 5.97. The van der Waals surface area contributed by atoms with Gasteiger partial charge in [-0.1, -0.05) is 0 Å². The van der Waals surface area contributed by atoms with Gasteiger partial charge in [0.1, 0.15) is 5.76 Å². The summed E-state index contributed by atoms with van der Waals surface area (Å²) in [7, 11) is 0. The maximum Gasteiger partial charge on any atom is 0.120 e. The van der Waals surface area contributed by atoms with Crippen LogP contribution in [-0.4, -0.2) is 18.2 Å². The van der Waals surface area contributed by atoms with Gasteiger partial charge in [-0.3, -0.25) is 0 Å². The Morgan fingerprint density at radius 1 is 1.50 bits per heavy atom. The molecule has 0 amide bonds. The van der Waals surface area contributed by atoms with Gasteiger partial charge in [-0.05, 0) is 45.2 Å². The average Bonchev–Trinajstić information content (AvgIpc) is 2.60. The SMILES string of the molecule is Cc1ccoc1CNC1CCOC(C)(C)C1. The first-order valence-electron chi connectivity index (χ1n) is 5.97. The standard InChI is InChI=1S/C13H21NO2/c1-10-4-6-15-12(10)9-14-11-5-7-16-13(2,3)8-11/h4,6,11,14H,5,7-9H2,1-3H3. The van der Waals surface area contributed by atoms with E-state index in [4.69, 9.17) is 9.15 Å². The van der Waals surface area contributed by atoms with E-state index in [0.29, 0.717) is 6.04 Å². The zero-order valence-corrected chi connectivity index (χ0v) is 10.4. The molecule has 1 aliphatic rings. The highest BCUT2D eigenvalue weighted by Gasteiger charge is 2.28. The Kier molecular flexibility index (Phi) is 3.36. The zero-order chi connectivity index (χ0) is 11.6. The van der Waals surface area contributed by atoms with Gasteiger partial charge in [0, 0.05) is 12.6 Å². The number of rotatable bonds is 3. The molecule has 1 saturated heterocycles. The van der Waals surface area contributed by atoms with E-state index >= 15 is 0 Å². The molecule has 0 spiro atoms. The number of furan rings is 1. The van der Waals surface area contributed by atoms with Gasteiger partial charge < -0.3 is 14.5 Å². The van der Waals surface area contributed by atoms with E-state index in [-0.39, 0.29) is 5.60 Å². The summed E-state index contributed by atoms with van der Waals surface area (Å²) in [4.78, 5) is 0. The molecule has 3 heteroatoms. The van der Waals surface area contributed by atoms with E-state index in [0.717, 1.165) is 31.8 Å². The molecule has 2 heterocycles. The molecule has 1 aromatic rings. The first-order chi connectivity index (χ1) is 7.57. The summed E-state index contributed by atoms with van der Waals surface area (Å²) in [6.45, 7) is 8.05. The fraction of sp³-hybridized carbons (Fsp3) is 0.692. The molecule has 1 atom stereocenters. The lowest BCUT2D eigenvalue weighted by Crippen LogP contribution is -2.43. The molecule has 0 aliphatic carbocycles. The van der Waals surface area contributed by atoms with E-state index < -0.39 is 0 Å². The van der Waals surface area contributed by atoms with E-state index in [2.05, 4.69) is 26.1 Å². The van der Waals surface area contributed by atoms with E-state index in [9.17, 15) is 0 Å². The summed E-state index contributed by atoms with van der Waals surface area (Å²) in [6, 6.07) is 2.54. The lowest BCUT2D eigenvalue weighted by Gasteiger charge is -2.35. The summed E-state index contributed by atoms with van der Waals surface area (Å²) < 4.78 is 11.1. The van der Waals surface area contributed by atoms with Crippen LogP contribution in [0.25, 0.3) is 0 Å². The van der Waals surface area contributed by atoms with Crippen LogP contribution in [0.5, 0.6) is 0 Å². The lowest BCUT2D eigenvalue weighted by molar-refractivity contribution is -0.0632. The molecule has 16 heavy (non-hydrogen) atoms. The van der Waals surface area contributed by atoms with Crippen LogP contribution < -0.4 is 5.32 Å². The van der Waals surface area contributed by atoms with Crippen LogP contribution in [0.2, 0.25) is 0 Å². The van der Waals surface area contributed by atoms with Gasteiger partial charge in [0.15, 0.2) is 0 Å². The minimum atomic E-state index is 0.00806. The minimum absolute atomic E-state index is 0.00806. The second-order valence-electron chi connectivity index (χ2n) is 5.21. The Hall–Kier alpha value is -0.800. The number of aryl methyl sites for hydroxylation is 1. The first kappa shape index (κ1) is 11.7. The van der Waals surface area contributed by atoms with Crippen molar-refractivity contribution in [3.05, 3.63) is 23.7 Å². The lowest BCUT2D eigenvalue weighted by atomic mass is 9.94. The van der Waals surface area contributed by atoms with Crippen LogP contribution in [0.4, 0.5) is 0 Å². The molecule has 0 radical (unpaired) electrons.